The lowest BCUT2D eigenvalue weighted by molar-refractivity contribution is -0.880. The monoisotopic (exact) mass is 218 g/mol. The maximum atomic E-state index is 11.2. The summed E-state index contributed by atoms with van der Waals surface area (Å²) < 4.78 is 0.644. The van der Waals surface area contributed by atoms with Gasteiger partial charge in [-0.15, -0.1) is 0 Å². The van der Waals surface area contributed by atoms with Crippen molar-refractivity contribution in [2.24, 2.45) is 0 Å². The Morgan fingerprint density at radius 2 is 2.14 bits per heavy atom. The van der Waals surface area contributed by atoms with E-state index in [1.54, 1.807) is 19.1 Å². The maximum absolute atomic E-state index is 11.2. The number of allylic oxidation sites excluding steroid dienone is 1. The number of carbonyl (C=O) groups is 1. The Kier molecular flexibility index (Phi) is 6.08. The van der Waals surface area contributed by atoms with Crippen molar-refractivity contribution >= 4 is 16.9 Å². The summed E-state index contributed by atoms with van der Waals surface area (Å²) in [5.74, 6) is 0.689. The molecule has 0 bridgehead atoms. The van der Waals surface area contributed by atoms with Crippen LogP contribution in [-0.4, -0.2) is 47.3 Å². The second-order valence-corrected chi connectivity index (χ2v) is 5.01. The number of thioether (sulfide) groups is 1. The van der Waals surface area contributed by atoms with Gasteiger partial charge < -0.3 is 9.59 Å². The molecule has 0 amide bonds. The van der Waals surface area contributed by atoms with Gasteiger partial charge >= 0.3 is 0 Å². The lowest BCUT2D eigenvalue weighted by Crippen LogP contribution is -2.44. The normalized spacial score (nSPS) is 14.6. The number of hydrogen-bond acceptors (Lipinski definition) is 3. The van der Waals surface area contributed by atoms with E-state index in [0.717, 1.165) is 0 Å². The molecule has 0 saturated carbocycles. The van der Waals surface area contributed by atoms with Crippen LogP contribution in [-0.2, 0) is 4.79 Å². The van der Waals surface area contributed by atoms with Crippen molar-refractivity contribution in [3.63, 3.8) is 0 Å². The predicted octanol–water partition coefficient (Wildman–Crippen LogP) is 1.24. The van der Waals surface area contributed by atoms with Crippen LogP contribution in [0.25, 0.3) is 0 Å². The smallest absolute Gasteiger partial charge is 0.217 e. The fourth-order valence-electron chi connectivity index (χ4n) is 1.19. The van der Waals surface area contributed by atoms with Gasteiger partial charge in [0.05, 0.1) is 14.1 Å². The summed E-state index contributed by atoms with van der Waals surface area (Å²) in [6, 6.07) is 0. The van der Waals surface area contributed by atoms with Gasteiger partial charge in [0.25, 0.3) is 0 Å². The Hall–Kier alpha value is -0.320. The van der Waals surface area contributed by atoms with Crippen LogP contribution in [0.15, 0.2) is 12.2 Å². The van der Waals surface area contributed by atoms with Crippen LogP contribution in [0.3, 0.4) is 0 Å². The van der Waals surface area contributed by atoms with Gasteiger partial charge in [0, 0.05) is 0 Å². The number of likely N-dealkylation sites (N-methyl/N-ethyl adjacent to an activating group) is 1. The van der Waals surface area contributed by atoms with Crippen LogP contribution in [0.2, 0.25) is 0 Å². The highest BCUT2D eigenvalue weighted by atomic mass is 32.2. The fourth-order valence-corrected chi connectivity index (χ4v) is 2.00. The van der Waals surface area contributed by atoms with Gasteiger partial charge in [-0.05, 0) is 31.7 Å². The molecule has 14 heavy (non-hydrogen) atoms. The SMILES string of the molecule is CC=CC(=O)SC[N+](C)(C)CC(C)O. The standard InChI is InChI=1S/C10H20NO2S/c1-5-6-10(13)14-8-11(3,4)7-9(2)12/h5-6,9,12H,7-8H2,1-4H3/q+1. The van der Waals surface area contributed by atoms with E-state index in [4.69, 9.17) is 0 Å². The van der Waals surface area contributed by atoms with Gasteiger partial charge in [-0.1, -0.05) is 6.08 Å². The Labute approximate surface area is 90.4 Å². The third-order valence-electron chi connectivity index (χ3n) is 1.62. The van der Waals surface area contributed by atoms with E-state index in [1.807, 2.05) is 21.0 Å². The van der Waals surface area contributed by atoms with E-state index in [9.17, 15) is 9.90 Å². The van der Waals surface area contributed by atoms with E-state index in [0.29, 0.717) is 16.9 Å². The van der Waals surface area contributed by atoms with Crippen LogP contribution in [0.1, 0.15) is 13.8 Å². The molecule has 0 spiro atoms. The topological polar surface area (TPSA) is 37.3 Å². The number of carbonyl (C=O) groups excluding carboxylic acids is 1. The first-order valence-corrected chi connectivity index (χ1v) is 5.65. The molecule has 0 radical (unpaired) electrons. The second kappa shape index (κ2) is 6.22. The van der Waals surface area contributed by atoms with Crippen molar-refractivity contribution < 1.29 is 14.4 Å². The molecule has 0 aliphatic carbocycles. The highest BCUT2D eigenvalue weighted by molar-refractivity contribution is 8.13. The first-order chi connectivity index (χ1) is 6.37. The molecule has 0 aromatic heterocycles. The van der Waals surface area contributed by atoms with E-state index in [2.05, 4.69) is 0 Å². The van der Waals surface area contributed by atoms with E-state index >= 15 is 0 Å². The van der Waals surface area contributed by atoms with Crippen molar-refractivity contribution in [1.82, 2.24) is 0 Å². The minimum absolute atomic E-state index is 0.0734. The Bertz CT molecular complexity index is 212. The third-order valence-corrected chi connectivity index (χ3v) is 2.87. The average molecular weight is 218 g/mol. The van der Waals surface area contributed by atoms with Gasteiger partial charge in [0.2, 0.25) is 5.12 Å². The van der Waals surface area contributed by atoms with Crippen LogP contribution >= 0.6 is 11.8 Å². The summed E-state index contributed by atoms with van der Waals surface area (Å²) in [5.41, 5.74) is 0. The Morgan fingerprint density at radius 1 is 1.57 bits per heavy atom. The maximum Gasteiger partial charge on any atom is 0.217 e. The minimum atomic E-state index is -0.331. The molecule has 0 aliphatic heterocycles. The minimum Gasteiger partial charge on any atom is -0.388 e. The molecule has 0 fully saturated rings. The highest BCUT2D eigenvalue weighted by Gasteiger charge is 2.18. The average Bonchev–Trinajstić information content (AvgIpc) is 1.99. The summed E-state index contributed by atoms with van der Waals surface area (Å²) in [6.45, 7) is 4.25. The molecule has 1 unspecified atom stereocenters. The van der Waals surface area contributed by atoms with Crippen LogP contribution in [0.4, 0.5) is 0 Å². The molecule has 4 heteroatoms. The van der Waals surface area contributed by atoms with Crippen molar-refractivity contribution in [3.05, 3.63) is 12.2 Å². The molecule has 82 valence electrons. The molecule has 0 aromatic rings. The first kappa shape index (κ1) is 13.7. The lowest BCUT2D eigenvalue weighted by atomic mass is 10.3. The van der Waals surface area contributed by atoms with Gasteiger partial charge in [-0.25, -0.2) is 0 Å². The second-order valence-electron chi connectivity index (χ2n) is 4.06. The Morgan fingerprint density at radius 3 is 2.57 bits per heavy atom. The summed E-state index contributed by atoms with van der Waals surface area (Å²) >= 11 is 1.29. The zero-order chi connectivity index (χ0) is 11.2. The fraction of sp³-hybridized carbons (Fsp3) is 0.700. The molecule has 3 nitrogen and oxygen atoms in total. The van der Waals surface area contributed by atoms with Crippen molar-refractivity contribution in [2.75, 3.05) is 26.5 Å². The molecule has 0 heterocycles. The first-order valence-electron chi connectivity index (χ1n) is 4.67. The summed E-state index contributed by atoms with van der Waals surface area (Å²) in [4.78, 5) is 11.2. The quantitative estimate of drug-likeness (QED) is 0.428. The largest absolute Gasteiger partial charge is 0.388 e. The summed E-state index contributed by atoms with van der Waals surface area (Å²) in [5, 5.41) is 9.31. The zero-order valence-corrected chi connectivity index (χ0v) is 10.2. The summed E-state index contributed by atoms with van der Waals surface area (Å²) in [6.07, 6.45) is 2.97. The molecule has 0 rings (SSSR count). The number of aliphatic hydroxyl groups is 1. The molecule has 0 aromatic carbocycles. The molecular weight excluding hydrogens is 198 g/mol. The number of aliphatic hydroxyl groups excluding tert-OH is 1. The third kappa shape index (κ3) is 7.12. The summed E-state index contributed by atoms with van der Waals surface area (Å²) in [7, 11) is 4.01. The van der Waals surface area contributed by atoms with E-state index < -0.39 is 0 Å². The molecule has 0 saturated heterocycles. The van der Waals surface area contributed by atoms with Gasteiger partial charge in [0.15, 0.2) is 0 Å². The molecule has 1 N–H and O–H groups in total. The molecule has 0 aliphatic rings. The van der Waals surface area contributed by atoms with E-state index in [-0.39, 0.29) is 11.2 Å². The van der Waals surface area contributed by atoms with Gasteiger partial charge in [-0.3, -0.25) is 4.79 Å². The Balaban J connectivity index is 3.92. The zero-order valence-electron chi connectivity index (χ0n) is 9.36. The van der Waals surface area contributed by atoms with Crippen LogP contribution in [0.5, 0.6) is 0 Å². The number of nitrogens with zero attached hydrogens (tertiary/aromatic N) is 1. The van der Waals surface area contributed by atoms with Crippen molar-refractivity contribution in [1.29, 1.82) is 0 Å². The van der Waals surface area contributed by atoms with Gasteiger partial charge in [-0.2, -0.15) is 0 Å². The van der Waals surface area contributed by atoms with Crippen molar-refractivity contribution in [3.8, 4) is 0 Å². The predicted molar refractivity (Wildman–Crippen MR) is 60.9 cm³/mol. The lowest BCUT2D eigenvalue weighted by Gasteiger charge is -2.29. The van der Waals surface area contributed by atoms with Crippen LogP contribution in [0, 0.1) is 0 Å². The van der Waals surface area contributed by atoms with E-state index in [1.165, 1.54) is 11.8 Å². The van der Waals surface area contributed by atoms with Gasteiger partial charge in [0.1, 0.15) is 18.5 Å². The van der Waals surface area contributed by atoms with Crippen LogP contribution < -0.4 is 0 Å². The highest BCUT2D eigenvalue weighted by Crippen LogP contribution is 2.11. The number of quaternary nitrogens is 1. The number of rotatable bonds is 5. The molecular formula is C10H20NO2S+. The number of hydrogen-bond donors (Lipinski definition) is 1. The van der Waals surface area contributed by atoms with Crippen molar-refractivity contribution in [2.45, 2.75) is 20.0 Å². The molecule has 1 atom stereocenters.